The second-order valence-corrected chi connectivity index (χ2v) is 7.21. The zero-order valence-corrected chi connectivity index (χ0v) is 14.7. The Morgan fingerprint density at radius 3 is 3.08 bits per heavy atom. The number of nitrogens with two attached hydrogens (primary N) is 1. The molecule has 2 aliphatic rings. The fraction of sp³-hybridized carbons (Fsp3) is 0.500. The van der Waals surface area contributed by atoms with Gasteiger partial charge in [0, 0.05) is 44.0 Å². The van der Waals surface area contributed by atoms with E-state index in [2.05, 4.69) is 24.9 Å². The fourth-order valence-corrected chi connectivity index (χ4v) is 4.16. The molecule has 0 spiro atoms. The molecule has 0 saturated carbocycles. The van der Waals surface area contributed by atoms with Crippen molar-refractivity contribution in [3.8, 4) is 11.6 Å². The molecule has 2 aliphatic heterocycles. The summed E-state index contributed by atoms with van der Waals surface area (Å²) in [6.45, 7) is 5.40. The van der Waals surface area contributed by atoms with E-state index in [-0.39, 0.29) is 0 Å². The SMILES string of the molecule is Nc1ncc(CN2CCN3CCCCC3C2)c2nc(-c3ccco3)nn12. The minimum absolute atomic E-state index is 0.339. The Bertz CT molecular complexity index is 904. The highest BCUT2D eigenvalue weighted by Crippen LogP contribution is 2.24. The number of hydrogen-bond acceptors (Lipinski definition) is 7. The molecule has 0 aliphatic carbocycles. The maximum absolute atomic E-state index is 6.01. The van der Waals surface area contributed by atoms with Crippen molar-refractivity contribution in [3.05, 3.63) is 30.2 Å². The Morgan fingerprint density at radius 1 is 1.23 bits per heavy atom. The number of nitrogens with zero attached hydrogens (tertiary/aromatic N) is 6. The van der Waals surface area contributed by atoms with E-state index in [9.17, 15) is 0 Å². The third kappa shape index (κ3) is 2.75. The number of aromatic nitrogens is 4. The number of anilines is 1. The van der Waals surface area contributed by atoms with Crippen LogP contribution in [0.3, 0.4) is 0 Å². The molecule has 136 valence electrons. The van der Waals surface area contributed by atoms with Gasteiger partial charge in [0.15, 0.2) is 11.4 Å². The van der Waals surface area contributed by atoms with Gasteiger partial charge in [0.25, 0.3) is 0 Å². The summed E-state index contributed by atoms with van der Waals surface area (Å²) < 4.78 is 7.04. The lowest BCUT2D eigenvalue weighted by Gasteiger charge is -2.44. The Morgan fingerprint density at radius 2 is 2.19 bits per heavy atom. The standard InChI is InChI=1S/C18H23N7O/c19-18-20-10-13(11-23-7-8-24-6-2-1-4-14(24)12-23)17-21-16(22-25(17)18)15-5-3-9-26-15/h3,5,9-10,14H,1-2,4,6-8,11-12H2,(H2,19,20). The van der Waals surface area contributed by atoms with Crippen LogP contribution in [0.4, 0.5) is 5.95 Å². The second kappa shape index (κ2) is 6.37. The highest BCUT2D eigenvalue weighted by Gasteiger charge is 2.29. The first kappa shape index (κ1) is 15.8. The molecular weight excluding hydrogens is 330 g/mol. The normalized spacial score (nSPS) is 21.9. The predicted molar refractivity (Wildman–Crippen MR) is 97.4 cm³/mol. The van der Waals surface area contributed by atoms with E-state index in [4.69, 9.17) is 10.2 Å². The number of piperazine rings is 1. The van der Waals surface area contributed by atoms with Crippen molar-refractivity contribution < 1.29 is 4.42 Å². The number of furan rings is 1. The molecule has 2 fully saturated rings. The second-order valence-electron chi connectivity index (χ2n) is 7.21. The van der Waals surface area contributed by atoms with E-state index in [1.165, 1.54) is 25.8 Å². The molecular formula is C18H23N7O. The monoisotopic (exact) mass is 353 g/mol. The molecule has 5 rings (SSSR count). The minimum atomic E-state index is 0.339. The highest BCUT2D eigenvalue weighted by atomic mass is 16.3. The predicted octanol–water partition coefficient (Wildman–Crippen LogP) is 1.64. The van der Waals surface area contributed by atoms with E-state index in [1.54, 1.807) is 10.8 Å². The average Bonchev–Trinajstić information content (AvgIpc) is 3.34. The summed E-state index contributed by atoms with van der Waals surface area (Å²) in [6.07, 6.45) is 7.44. The lowest BCUT2D eigenvalue weighted by atomic mass is 9.99. The van der Waals surface area contributed by atoms with E-state index in [1.807, 2.05) is 18.3 Å². The molecule has 2 saturated heterocycles. The van der Waals surface area contributed by atoms with Gasteiger partial charge in [-0.3, -0.25) is 9.80 Å². The van der Waals surface area contributed by atoms with Gasteiger partial charge in [-0.1, -0.05) is 6.42 Å². The third-order valence-corrected chi connectivity index (χ3v) is 5.52. The number of nitrogen functional groups attached to an aromatic ring is 1. The summed E-state index contributed by atoms with van der Waals surface area (Å²) in [4.78, 5) is 14.1. The van der Waals surface area contributed by atoms with Crippen LogP contribution in [-0.4, -0.2) is 61.6 Å². The molecule has 8 heteroatoms. The maximum atomic E-state index is 6.01. The summed E-state index contributed by atoms with van der Waals surface area (Å²) in [5.74, 6) is 1.51. The van der Waals surface area contributed by atoms with Gasteiger partial charge in [-0.05, 0) is 31.5 Å². The van der Waals surface area contributed by atoms with Gasteiger partial charge in [0.05, 0.1) is 6.26 Å². The van der Waals surface area contributed by atoms with E-state index in [0.717, 1.165) is 37.4 Å². The number of hydrogen-bond donors (Lipinski definition) is 1. The molecule has 3 aromatic heterocycles. The van der Waals surface area contributed by atoms with Crippen LogP contribution >= 0.6 is 0 Å². The van der Waals surface area contributed by atoms with Gasteiger partial charge >= 0.3 is 0 Å². The van der Waals surface area contributed by atoms with Crippen LogP contribution in [0, 0.1) is 0 Å². The van der Waals surface area contributed by atoms with Crippen LogP contribution in [0.2, 0.25) is 0 Å². The molecule has 0 amide bonds. The molecule has 0 bridgehead atoms. The number of rotatable bonds is 3. The van der Waals surface area contributed by atoms with Gasteiger partial charge in [0.1, 0.15) is 0 Å². The van der Waals surface area contributed by atoms with Crippen molar-refractivity contribution in [3.63, 3.8) is 0 Å². The lowest BCUT2D eigenvalue weighted by molar-refractivity contribution is 0.0457. The van der Waals surface area contributed by atoms with Crippen LogP contribution in [0.25, 0.3) is 17.2 Å². The van der Waals surface area contributed by atoms with Crippen molar-refractivity contribution in [2.45, 2.75) is 31.8 Å². The average molecular weight is 353 g/mol. The first-order chi connectivity index (χ1) is 12.8. The van der Waals surface area contributed by atoms with Crippen molar-refractivity contribution in [1.82, 2.24) is 29.4 Å². The van der Waals surface area contributed by atoms with Crippen LogP contribution in [0.1, 0.15) is 24.8 Å². The summed E-state index contributed by atoms with van der Waals surface area (Å²) in [6, 6.07) is 4.36. The Hall–Kier alpha value is -2.45. The first-order valence-corrected chi connectivity index (χ1v) is 9.28. The van der Waals surface area contributed by atoms with Gasteiger partial charge in [-0.25, -0.2) is 9.97 Å². The quantitative estimate of drug-likeness (QED) is 0.765. The van der Waals surface area contributed by atoms with E-state index in [0.29, 0.717) is 23.6 Å². The fourth-order valence-electron chi connectivity index (χ4n) is 4.16. The molecule has 26 heavy (non-hydrogen) atoms. The number of piperidine rings is 1. The topological polar surface area (TPSA) is 88.7 Å². The summed E-state index contributed by atoms with van der Waals surface area (Å²) >= 11 is 0. The van der Waals surface area contributed by atoms with E-state index < -0.39 is 0 Å². The smallest absolute Gasteiger partial charge is 0.223 e. The van der Waals surface area contributed by atoms with Gasteiger partial charge in [-0.15, -0.1) is 5.10 Å². The first-order valence-electron chi connectivity index (χ1n) is 9.28. The van der Waals surface area contributed by atoms with Crippen LogP contribution in [0.15, 0.2) is 29.0 Å². The Labute approximate surface area is 151 Å². The Balaban J connectivity index is 1.43. The van der Waals surface area contributed by atoms with Crippen LogP contribution in [-0.2, 0) is 6.54 Å². The van der Waals surface area contributed by atoms with Crippen molar-refractivity contribution >= 4 is 11.6 Å². The molecule has 8 nitrogen and oxygen atoms in total. The van der Waals surface area contributed by atoms with Crippen molar-refractivity contribution in [2.24, 2.45) is 0 Å². The zero-order valence-electron chi connectivity index (χ0n) is 14.7. The third-order valence-electron chi connectivity index (χ3n) is 5.52. The van der Waals surface area contributed by atoms with E-state index >= 15 is 0 Å². The molecule has 1 atom stereocenters. The van der Waals surface area contributed by atoms with Gasteiger partial charge in [-0.2, -0.15) is 4.52 Å². The van der Waals surface area contributed by atoms with Gasteiger partial charge < -0.3 is 10.2 Å². The number of fused-ring (bicyclic) bond motifs is 2. The summed E-state index contributed by atoms with van der Waals surface area (Å²) in [5, 5.41) is 4.47. The molecule has 0 radical (unpaired) electrons. The molecule has 5 heterocycles. The Kier molecular flexibility index (Phi) is 3.86. The summed E-state index contributed by atoms with van der Waals surface area (Å²) in [7, 11) is 0. The van der Waals surface area contributed by atoms with Crippen molar-refractivity contribution in [1.29, 1.82) is 0 Å². The zero-order chi connectivity index (χ0) is 17.5. The molecule has 3 aromatic rings. The molecule has 2 N–H and O–H groups in total. The van der Waals surface area contributed by atoms with Crippen LogP contribution < -0.4 is 5.73 Å². The highest BCUT2D eigenvalue weighted by molar-refractivity contribution is 5.57. The van der Waals surface area contributed by atoms with Crippen molar-refractivity contribution in [2.75, 3.05) is 31.9 Å². The maximum Gasteiger partial charge on any atom is 0.223 e. The molecule has 1 unspecified atom stereocenters. The van der Waals surface area contributed by atoms with Crippen LogP contribution in [0.5, 0.6) is 0 Å². The van der Waals surface area contributed by atoms with Gasteiger partial charge in [0.2, 0.25) is 11.8 Å². The summed E-state index contributed by atoms with van der Waals surface area (Å²) in [5.41, 5.74) is 7.82. The largest absolute Gasteiger partial charge is 0.461 e. The minimum Gasteiger partial charge on any atom is -0.461 e. The lowest BCUT2D eigenvalue weighted by Crippen LogP contribution is -2.54. The molecule has 0 aromatic carbocycles.